The average molecular weight is 213 g/mol. The topological polar surface area (TPSA) is 66.9 Å². The van der Waals surface area contributed by atoms with Crippen LogP contribution in [-0.2, 0) is 11.8 Å². The van der Waals surface area contributed by atoms with Crippen molar-refractivity contribution < 1.29 is 0 Å². The molecule has 0 saturated heterocycles. The van der Waals surface area contributed by atoms with E-state index >= 15 is 0 Å². The predicted octanol–water partition coefficient (Wildman–Crippen LogP) is 1.24. The van der Waals surface area contributed by atoms with E-state index in [0.717, 1.165) is 24.8 Å². The number of aryl methyl sites for hydroxylation is 1. The standard InChI is InChI=1S/C11H11N5/c1-2-8-5-13-10-14-9(15-16(10)6-8)11(7-12)3-4-11/h5-6H,2-4H2,1H3. The molecule has 0 spiro atoms. The van der Waals surface area contributed by atoms with Crippen molar-refractivity contribution >= 4 is 5.78 Å². The third-order valence-corrected chi connectivity index (χ3v) is 3.05. The van der Waals surface area contributed by atoms with Crippen molar-refractivity contribution in [2.45, 2.75) is 31.6 Å². The number of hydrogen-bond donors (Lipinski definition) is 0. The van der Waals surface area contributed by atoms with Crippen LogP contribution in [-0.4, -0.2) is 19.6 Å². The van der Waals surface area contributed by atoms with Gasteiger partial charge in [0.15, 0.2) is 5.82 Å². The molecule has 1 saturated carbocycles. The van der Waals surface area contributed by atoms with Gasteiger partial charge in [0.25, 0.3) is 5.78 Å². The van der Waals surface area contributed by atoms with Crippen molar-refractivity contribution in [2.24, 2.45) is 0 Å². The molecule has 0 aliphatic heterocycles. The molecule has 1 aliphatic rings. The number of hydrogen-bond acceptors (Lipinski definition) is 4. The van der Waals surface area contributed by atoms with E-state index in [9.17, 15) is 0 Å². The molecule has 2 aromatic heterocycles. The van der Waals surface area contributed by atoms with Crippen LogP contribution in [0.2, 0.25) is 0 Å². The van der Waals surface area contributed by atoms with Gasteiger partial charge in [-0.1, -0.05) is 6.92 Å². The molecule has 2 aromatic rings. The number of rotatable bonds is 2. The maximum Gasteiger partial charge on any atom is 0.252 e. The van der Waals surface area contributed by atoms with Gasteiger partial charge in [0.2, 0.25) is 0 Å². The summed E-state index contributed by atoms with van der Waals surface area (Å²) in [5.41, 5.74) is 0.686. The summed E-state index contributed by atoms with van der Waals surface area (Å²) < 4.78 is 1.67. The molecule has 0 bridgehead atoms. The molecule has 0 radical (unpaired) electrons. The second-order valence-corrected chi connectivity index (χ2v) is 4.19. The van der Waals surface area contributed by atoms with Crippen LogP contribution in [0.5, 0.6) is 0 Å². The van der Waals surface area contributed by atoms with Gasteiger partial charge in [0.05, 0.1) is 6.07 Å². The lowest BCUT2D eigenvalue weighted by molar-refractivity contribution is 0.781. The molecule has 5 nitrogen and oxygen atoms in total. The number of aromatic nitrogens is 4. The summed E-state index contributed by atoms with van der Waals surface area (Å²) in [5.74, 6) is 1.20. The molecule has 1 aliphatic carbocycles. The highest BCUT2D eigenvalue weighted by Gasteiger charge is 2.48. The fraction of sp³-hybridized carbons (Fsp3) is 0.455. The smallest absolute Gasteiger partial charge is 0.219 e. The minimum absolute atomic E-state index is 0.430. The van der Waals surface area contributed by atoms with Gasteiger partial charge >= 0.3 is 0 Å². The van der Waals surface area contributed by atoms with Crippen LogP contribution in [0.25, 0.3) is 5.78 Å². The van der Waals surface area contributed by atoms with Crippen molar-refractivity contribution in [2.75, 3.05) is 0 Å². The van der Waals surface area contributed by atoms with E-state index < -0.39 is 5.41 Å². The van der Waals surface area contributed by atoms with Crippen molar-refractivity contribution in [3.8, 4) is 6.07 Å². The Labute approximate surface area is 92.8 Å². The third-order valence-electron chi connectivity index (χ3n) is 3.05. The Bertz CT molecular complexity index is 588. The van der Waals surface area contributed by atoms with E-state index in [1.807, 2.05) is 6.20 Å². The summed E-state index contributed by atoms with van der Waals surface area (Å²) in [6.45, 7) is 2.07. The first-order valence-corrected chi connectivity index (χ1v) is 5.40. The third kappa shape index (κ3) is 1.20. The fourth-order valence-corrected chi connectivity index (χ4v) is 1.72. The maximum absolute atomic E-state index is 9.08. The summed E-state index contributed by atoms with van der Waals surface area (Å²) in [6.07, 6.45) is 6.37. The number of nitrogens with zero attached hydrogens (tertiary/aromatic N) is 5. The second kappa shape index (κ2) is 3.01. The van der Waals surface area contributed by atoms with Crippen LogP contribution < -0.4 is 0 Å². The van der Waals surface area contributed by atoms with Crippen LogP contribution in [0.1, 0.15) is 31.2 Å². The first-order valence-electron chi connectivity index (χ1n) is 5.40. The quantitative estimate of drug-likeness (QED) is 0.752. The summed E-state index contributed by atoms with van der Waals surface area (Å²) in [5, 5.41) is 13.4. The Morgan fingerprint density at radius 2 is 2.38 bits per heavy atom. The number of fused-ring (bicyclic) bond motifs is 1. The van der Waals surface area contributed by atoms with E-state index in [-0.39, 0.29) is 0 Å². The highest BCUT2D eigenvalue weighted by atomic mass is 15.3. The van der Waals surface area contributed by atoms with Crippen molar-refractivity contribution in [3.05, 3.63) is 23.8 Å². The number of nitriles is 1. The highest BCUT2D eigenvalue weighted by Crippen LogP contribution is 2.45. The Kier molecular flexibility index (Phi) is 1.75. The van der Waals surface area contributed by atoms with E-state index in [1.165, 1.54) is 0 Å². The van der Waals surface area contributed by atoms with Crippen LogP contribution in [0.15, 0.2) is 12.4 Å². The van der Waals surface area contributed by atoms with Crippen molar-refractivity contribution in [1.82, 2.24) is 19.6 Å². The molecule has 16 heavy (non-hydrogen) atoms. The van der Waals surface area contributed by atoms with Gasteiger partial charge in [-0.25, -0.2) is 9.50 Å². The molecule has 0 unspecified atom stereocenters. The first kappa shape index (κ1) is 9.28. The molecule has 0 amide bonds. The molecule has 0 N–H and O–H groups in total. The molecule has 0 atom stereocenters. The first-order chi connectivity index (χ1) is 7.77. The Balaban J connectivity index is 2.13. The fourth-order valence-electron chi connectivity index (χ4n) is 1.72. The SMILES string of the molecule is CCc1cnc2nc(C3(C#N)CC3)nn2c1. The van der Waals surface area contributed by atoms with Crippen LogP contribution in [0.3, 0.4) is 0 Å². The van der Waals surface area contributed by atoms with Crippen LogP contribution in [0.4, 0.5) is 0 Å². The van der Waals surface area contributed by atoms with E-state index in [0.29, 0.717) is 11.6 Å². The Morgan fingerprint density at radius 3 is 3.00 bits per heavy atom. The normalized spacial score (nSPS) is 17.2. The zero-order valence-corrected chi connectivity index (χ0v) is 9.01. The van der Waals surface area contributed by atoms with E-state index in [2.05, 4.69) is 28.1 Å². The summed E-state index contributed by atoms with van der Waals surface area (Å²) >= 11 is 0. The van der Waals surface area contributed by atoms with Crippen molar-refractivity contribution in [3.63, 3.8) is 0 Å². The Morgan fingerprint density at radius 1 is 1.56 bits per heavy atom. The molecular weight excluding hydrogens is 202 g/mol. The zero-order chi connectivity index (χ0) is 11.2. The van der Waals surface area contributed by atoms with Gasteiger partial charge in [-0.3, -0.25) is 0 Å². The van der Waals surface area contributed by atoms with Gasteiger partial charge in [-0.2, -0.15) is 10.2 Å². The largest absolute Gasteiger partial charge is 0.252 e. The summed E-state index contributed by atoms with van der Waals surface area (Å²) in [6, 6.07) is 2.29. The lowest BCUT2D eigenvalue weighted by atomic mass is 10.1. The zero-order valence-electron chi connectivity index (χ0n) is 9.01. The monoisotopic (exact) mass is 213 g/mol. The van der Waals surface area contributed by atoms with Gasteiger partial charge in [-0.15, -0.1) is 5.10 Å². The van der Waals surface area contributed by atoms with Gasteiger partial charge < -0.3 is 0 Å². The van der Waals surface area contributed by atoms with Crippen LogP contribution >= 0.6 is 0 Å². The second-order valence-electron chi connectivity index (χ2n) is 4.19. The minimum Gasteiger partial charge on any atom is -0.219 e. The lowest BCUT2D eigenvalue weighted by Crippen LogP contribution is -2.05. The lowest BCUT2D eigenvalue weighted by Gasteiger charge is -1.95. The minimum atomic E-state index is -0.430. The molecule has 3 rings (SSSR count). The summed E-state index contributed by atoms with van der Waals surface area (Å²) in [4.78, 5) is 8.54. The van der Waals surface area contributed by atoms with E-state index in [1.54, 1.807) is 10.7 Å². The molecule has 80 valence electrons. The maximum atomic E-state index is 9.08. The van der Waals surface area contributed by atoms with Gasteiger partial charge in [-0.05, 0) is 24.8 Å². The van der Waals surface area contributed by atoms with Gasteiger partial charge in [0, 0.05) is 12.4 Å². The molecular formula is C11H11N5. The molecule has 5 heteroatoms. The van der Waals surface area contributed by atoms with Gasteiger partial charge in [0.1, 0.15) is 5.41 Å². The average Bonchev–Trinajstić information content (AvgIpc) is 3.01. The van der Waals surface area contributed by atoms with E-state index in [4.69, 9.17) is 5.26 Å². The predicted molar refractivity (Wildman–Crippen MR) is 56.7 cm³/mol. The summed E-state index contributed by atoms with van der Waals surface area (Å²) in [7, 11) is 0. The Hall–Kier alpha value is -1.96. The van der Waals surface area contributed by atoms with Crippen molar-refractivity contribution in [1.29, 1.82) is 5.26 Å². The highest BCUT2D eigenvalue weighted by molar-refractivity contribution is 5.36. The van der Waals surface area contributed by atoms with Crippen LogP contribution in [0, 0.1) is 11.3 Å². The molecule has 1 fully saturated rings. The molecule has 2 heterocycles. The molecule has 0 aromatic carbocycles.